The van der Waals surface area contributed by atoms with E-state index >= 15 is 0 Å². The van der Waals surface area contributed by atoms with Crippen LogP contribution in [0.3, 0.4) is 0 Å². The number of benzene rings is 2. The van der Waals surface area contributed by atoms with E-state index in [1.54, 1.807) is 12.4 Å². The van der Waals surface area contributed by atoms with E-state index in [0.29, 0.717) is 12.5 Å². The highest BCUT2D eigenvalue weighted by atomic mass is 16.5. The molecule has 1 amide bonds. The zero-order chi connectivity index (χ0) is 21.3. The molecule has 0 N–H and O–H groups in total. The number of amides is 1. The fraction of sp³-hybridized carbons (Fsp3) is 0.308. The molecule has 1 saturated heterocycles. The van der Waals surface area contributed by atoms with Crippen molar-refractivity contribution in [1.82, 2.24) is 9.88 Å². The van der Waals surface area contributed by atoms with Gasteiger partial charge in [-0.2, -0.15) is 0 Å². The first kappa shape index (κ1) is 20.9. The van der Waals surface area contributed by atoms with Gasteiger partial charge in [0.25, 0.3) is 5.91 Å². The van der Waals surface area contributed by atoms with Gasteiger partial charge in [0.1, 0.15) is 18.1 Å². The summed E-state index contributed by atoms with van der Waals surface area (Å²) in [5.41, 5.74) is 2.49. The van der Waals surface area contributed by atoms with Gasteiger partial charge in [-0.05, 0) is 60.6 Å². The van der Waals surface area contributed by atoms with Gasteiger partial charge < -0.3 is 14.4 Å². The van der Waals surface area contributed by atoms with Gasteiger partial charge in [0.05, 0.1) is 0 Å². The highest BCUT2D eigenvalue weighted by Crippen LogP contribution is 2.22. The molecule has 3 aromatic rings. The van der Waals surface area contributed by atoms with Gasteiger partial charge in [0, 0.05) is 25.5 Å². The van der Waals surface area contributed by atoms with Gasteiger partial charge in [-0.3, -0.25) is 9.78 Å². The Kier molecular flexibility index (Phi) is 7.16. The van der Waals surface area contributed by atoms with Crippen LogP contribution in [0.25, 0.3) is 0 Å². The lowest BCUT2D eigenvalue weighted by Crippen LogP contribution is -2.41. The molecular weight excluding hydrogens is 388 g/mol. The summed E-state index contributed by atoms with van der Waals surface area (Å²) in [4.78, 5) is 18.3. The van der Waals surface area contributed by atoms with Crippen LogP contribution < -0.4 is 9.47 Å². The van der Waals surface area contributed by atoms with Crippen LogP contribution in [-0.4, -0.2) is 35.5 Å². The highest BCUT2D eigenvalue weighted by Gasteiger charge is 2.23. The number of carbonyl (C=O) groups excluding carboxylic acids is 1. The van der Waals surface area contributed by atoms with Crippen molar-refractivity contribution in [3.63, 3.8) is 0 Å². The average molecular weight is 417 g/mol. The van der Waals surface area contributed by atoms with Gasteiger partial charge in [-0.1, -0.05) is 42.5 Å². The minimum Gasteiger partial charge on any atom is -0.489 e. The van der Waals surface area contributed by atoms with Crippen molar-refractivity contribution >= 4 is 5.91 Å². The van der Waals surface area contributed by atoms with E-state index in [9.17, 15) is 4.79 Å². The van der Waals surface area contributed by atoms with Crippen molar-refractivity contribution in [3.8, 4) is 11.5 Å². The van der Waals surface area contributed by atoms with Crippen LogP contribution in [-0.2, 0) is 17.8 Å². The molecule has 160 valence electrons. The second-order valence-electron chi connectivity index (χ2n) is 7.92. The maximum Gasteiger partial charge on any atom is 0.260 e. The number of rotatable bonds is 8. The zero-order valence-electron chi connectivity index (χ0n) is 17.7. The second kappa shape index (κ2) is 10.6. The van der Waals surface area contributed by atoms with Crippen LogP contribution in [0.15, 0.2) is 79.1 Å². The monoisotopic (exact) mass is 416 g/mol. The van der Waals surface area contributed by atoms with E-state index in [0.717, 1.165) is 49.4 Å². The van der Waals surface area contributed by atoms with E-state index in [4.69, 9.17) is 9.47 Å². The molecule has 1 aliphatic heterocycles. The number of para-hydroxylation sites is 1. The first-order chi connectivity index (χ1) is 15.3. The molecule has 1 aliphatic rings. The number of pyridine rings is 1. The summed E-state index contributed by atoms with van der Waals surface area (Å²) < 4.78 is 11.4. The minimum atomic E-state index is 0.0702. The van der Waals surface area contributed by atoms with Crippen LogP contribution in [0.4, 0.5) is 0 Å². The lowest BCUT2D eigenvalue weighted by atomic mass is 9.90. The summed E-state index contributed by atoms with van der Waals surface area (Å²) in [6.07, 6.45) is 6.57. The molecular formula is C26H28N2O3. The molecule has 5 nitrogen and oxygen atoms in total. The maximum atomic E-state index is 12.4. The van der Waals surface area contributed by atoms with Crippen molar-refractivity contribution in [2.75, 3.05) is 19.7 Å². The lowest BCUT2D eigenvalue weighted by Gasteiger charge is -2.32. The summed E-state index contributed by atoms with van der Waals surface area (Å²) in [6, 6.07) is 21.9. The van der Waals surface area contributed by atoms with E-state index in [2.05, 4.69) is 29.2 Å². The first-order valence-electron chi connectivity index (χ1n) is 10.8. The molecule has 31 heavy (non-hydrogen) atoms. The van der Waals surface area contributed by atoms with Crippen LogP contribution in [0.5, 0.6) is 11.5 Å². The molecule has 4 rings (SSSR count). The molecule has 5 heteroatoms. The van der Waals surface area contributed by atoms with Gasteiger partial charge in [-0.25, -0.2) is 0 Å². The van der Waals surface area contributed by atoms with Crippen molar-refractivity contribution in [2.45, 2.75) is 25.9 Å². The lowest BCUT2D eigenvalue weighted by molar-refractivity contribution is -0.134. The van der Waals surface area contributed by atoms with Crippen LogP contribution >= 0.6 is 0 Å². The molecule has 0 spiro atoms. The van der Waals surface area contributed by atoms with Crippen molar-refractivity contribution < 1.29 is 14.3 Å². The minimum absolute atomic E-state index is 0.0702. The molecule has 0 saturated carbocycles. The maximum absolute atomic E-state index is 12.4. The fourth-order valence-corrected chi connectivity index (χ4v) is 3.85. The van der Waals surface area contributed by atoms with E-state index in [-0.39, 0.29) is 12.5 Å². The Morgan fingerprint density at radius 2 is 1.48 bits per heavy atom. The molecule has 0 aliphatic carbocycles. The Balaban J connectivity index is 1.18. The number of ether oxygens (including phenoxy) is 2. The number of likely N-dealkylation sites (tertiary alicyclic amines) is 1. The van der Waals surface area contributed by atoms with E-state index in [1.165, 1.54) is 5.56 Å². The Labute approximate surface area is 183 Å². The number of aromatic nitrogens is 1. The number of carbonyl (C=O) groups is 1. The quantitative estimate of drug-likeness (QED) is 0.542. The summed E-state index contributed by atoms with van der Waals surface area (Å²) >= 11 is 0. The summed E-state index contributed by atoms with van der Waals surface area (Å²) in [5.74, 6) is 2.24. The summed E-state index contributed by atoms with van der Waals surface area (Å²) in [5, 5.41) is 0. The second-order valence-corrected chi connectivity index (χ2v) is 7.92. The normalized spacial score (nSPS) is 14.3. The molecule has 0 bridgehead atoms. The third kappa shape index (κ3) is 6.32. The Morgan fingerprint density at radius 1 is 0.839 bits per heavy atom. The molecule has 0 radical (unpaired) electrons. The number of nitrogens with zero attached hydrogens (tertiary/aromatic N) is 2. The van der Waals surface area contributed by atoms with Gasteiger partial charge >= 0.3 is 0 Å². The summed E-state index contributed by atoms with van der Waals surface area (Å²) in [6.45, 7) is 2.27. The highest BCUT2D eigenvalue weighted by molar-refractivity contribution is 5.77. The SMILES string of the molecule is O=C(COc1ccccc1)N1CCC(Cc2ccc(COc3ccncc3)cc2)CC1. The largest absolute Gasteiger partial charge is 0.489 e. The molecule has 2 aromatic carbocycles. The topological polar surface area (TPSA) is 51.7 Å². The molecule has 0 unspecified atom stereocenters. The predicted molar refractivity (Wildman–Crippen MR) is 120 cm³/mol. The summed E-state index contributed by atoms with van der Waals surface area (Å²) in [7, 11) is 0. The predicted octanol–water partition coefficient (Wildman–Crippen LogP) is 4.52. The zero-order valence-corrected chi connectivity index (χ0v) is 17.7. The third-order valence-electron chi connectivity index (χ3n) is 5.68. The van der Waals surface area contributed by atoms with Crippen molar-refractivity contribution in [2.24, 2.45) is 5.92 Å². The third-order valence-corrected chi connectivity index (χ3v) is 5.68. The van der Waals surface area contributed by atoms with Crippen LogP contribution in [0.2, 0.25) is 0 Å². The smallest absolute Gasteiger partial charge is 0.260 e. The number of piperidine rings is 1. The average Bonchev–Trinajstić information content (AvgIpc) is 2.84. The molecule has 2 heterocycles. The fourth-order valence-electron chi connectivity index (χ4n) is 3.85. The number of hydrogen-bond acceptors (Lipinski definition) is 4. The standard InChI is InChI=1S/C26H28N2O3/c29-26(20-31-24-4-2-1-3-5-24)28-16-12-22(13-17-28)18-21-6-8-23(9-7-21)19-30-25-10-14-27-15-11-25/h1-11,14-15,22H,12-13,16-20H2. The van der Waals surface area contributed by atoms with E-state index < -0.39 is 0 Å². The Bertz CT molecular complexity index is 937. The molecule has 1 aromatic heterocycles. The van der Waals surface area contributed by atoms with Gasteiger partial charge in [-0.15, -0.1) is 0 Å². The Morgan fingerprint density at radius 3 is 2.19 bits per heavy atom. The van der Waals surface area contributed by atoms with Gasteiger partial charge in [0.2, 0.25) is 0 Å². The van der Waals surface area contributed by atoms with E-state index in [1.807, 2.05) is 47.4 Å². The molecule has 1 fully saturated rings. The molecule has 0 atom stereocenters. The van der Waals surface area contributed by atoms with Crippen LogP contribution in [0, 0.1) is 5.92 Å². The van der Waals surface area contributed by atoms with Crippen molar-refractivity contribution in [1.29, 1.82) is 0 Å². The van der Waals surface area contributed by atoms with Crippen molar-refractivity contribution in [3.05, 3.63) is 90.3 Å². The first-order valence-corrected chi connectivity index (χ1v) is 10.8. The van der Waals surface area contributed by atoms with Crippen LogP contribution in [0.1, 0.15) is 24.0 Å². The Hall–Kier alpha value is -3.34. The number of hydrogen-bond donors (Lipinski definition) is 0. The van der Waals surface area contributed by atoms with Gasteiger partial charge in [0.15, 0.2) is 6.61 Å².